The van der Waals surface area contributed by atoms with Crippen molar-refractivity contribution in [2.24, 2.45) is 5.73 Å². The zero-order valence-corrected chi connectivity index (χ0v) is 23.5. The number of primary amides is 1. The summed E-state index contributed by atoms with van der Waals surface area (Å²) in [6, 6.07) is 6.65. The predicted molar refractivity (Wildman–Crippen MR) is 155 cm³/mol. The van der Waals surface area contributed by atoms with E-state index in [1.165, 1.54) is 11.1 Å². The zero-order valence-electron chi connectivity index (χ0n) is 23.5. The molecule has 4 heteroatoms. The van der Waals surface area contributed by atoms with Gasteiger partial charge in [-0.25, -0.2) is 0 Å². The monoisotopic (exact) mass is 490 g/mol. The molecule has 0 fully saturated rings. The van der Waals surface area contributed by atoms with Crippen LogP contribution < -0.4 is 15.8 Å². The van der Waals surface area contributed by atoms with Crippen LogP contribution in [-0.2, 0) is 6.42 Å². The number of ether oxygens (including phenoxy) is 1. The van der Waals surface area contributed by atoms with E-state index in [1.54, 1.807) is 6.20 Å². The summed E-state index contributed by atoms with van der Waals surface area (Å²) in [6.07, 6.45) is 11.1. The van der Waals surface area contributed by atoms with E-state index in [2.05, 4.69) is 83.8 Å². The lowest BCUT2D eigenvalue weighted by Gasteiger charge is -2.26. The number of amides is 1. The average Bonchev–Trinajstić information content (AvgIpc) is 2.85. The SMILES string of the molecule is C=CNc1c(C(N)=O)c(C)cc(-c2cc(OCCC)c(CCCC)c(C(C)/C=C\C)c2)c1C(C)CC. The molecule has 0 spiro atoms. The first kappa shape index (κ1) is 29.2. The zero-order chi connectivity index (χ0) is 26.8. The maximum absolute atomic E-state index is 12.5. The third-order valence-corrected chi connectivity index (χ3v) is 6.93. The Balaban J connectivity index is 2.99. The summed E-state index contributed by atoms with van der Waals surface area (Å²) in [5, 5.41) is 3.26. The first-order valence-corrected chi connectivity index (χ1v) is 13.5. The number of carbonyl (C=O) groups is 1. The van der Waals surface area contributed by atoms with Gasteiger partial charge >= 0.3 is 0 Å². The maximum Gasteiger partial charge on any atom is 0.251 e. The van der Waals surface area contributed by atoms with Crippen molar-refractivity contribution in [2.45, 2.75) is 92.4 Å². The number of allylic oxidation sites excluding steroid dienone is 2. The molecule has 0 saturated heterocycles. The number of nitrogens with one attached hydrogen (secondary N) is 1. The van der Waals surface area contributed by atoms with Crippen molar-refractivity contribution in [3.8, 4) is 16.9 Å². The first-order chi connectivity index (χ1) is 17.2. The van der Waals surface area contributed by atoms with Gasteiger partial charge in [0, 0.05) is 0 Å². The minimum atomic E-state index is -0.433. The van der Waals surface area contributed by atoms with Crippen LogP contribution in [0, 0.1) is 6.92 Å². The molecule has 0 bridgehead atoms. The number of benzene rings is 2. The Morgan fingerprint density at radius 2 is 1.89 bits per heavy atom. The summed E-state index contributed by atoms with van der Waals surface area (Å²) in [6.45, 7) is 19.5. The van der Waals surface area contributed by atoms with Crippen molar-refractivity contribution in [2.75, 3.05) is 11.9 Å². The summed E-state index contributed by atoms with van der Waals surface area (Å²) >= 11 is 0. The van der Waals surface area contributed by atoms with Crippen LogP contribution in [0.5, 0.6) is 5.75 Å². The minimum absolute atomic E-state index is 0.206. The number of hydrogen-bond acceptors (Lipinski definition) is 3. The van der Waals surface area contributed by atoms with E-state index in [0.29, 0.717) is 12.2 Å². The molecular weight excluding hydrogens is 444 g/mol. The summed E-state index contributed by atoms with van der Waals surface area (Å²) in [7, 11) is 0. The molecule has 0 aliphatic heterocycles. The highest BCUT2D eigenvalue weighted by Crippen LogP contribution is 2.43. The third-order valence-electron chi connectivity index (χ3n) is 6.93. The molecule has 0 heterocycles. The molecule has 2 unspecified atom stereocenters. The van der Waals surface area contributed by atoms with Gasteiger partial charge in [0.2, 0.25) is 0 Å². The van der Waals surface area contributed by atoms with E-state index in [0.717, 1.165) is 65.8 Å². The van der Waals surface area contributed by atoms with Crippen molar-refractivity contribution in [3.63, 3.8) is 0 Å². The molecule has 2 rings (SSSR count). The van der Waals surface area contributed by atoms with Gasteiger partial charge in [-0.1, -0.05) is 71.9 Å². The van der Waals surface area contributed by atoms with E-state index in [1.807, 2.05) is 6.92 Å². The number of carbonyl (C=O) groups excluding carboxylic acids is 1. The Labute approximate surface area is 219 Å². The molecule has 2 aromatic rings. The first-order valence-electron chi connectivity index (χ1n) is 13.5. The number of rotatable bonds is 14. The van der Waals surface area contributed by atoms with E-state index in [4.69, 9.17) is 10.5 Å². The van der Waals surface area contributed by atoms with E-state index in [-0.39, 0.29) is 11.8 Å². The Hall–Kier alpha value is -3.01. The van der Waals surface area contributed by atoms with Gasteiger partial charge in [0.15, 0.2) is 0 Å². The van der Waals surface area contributed by atoms with Gasteiger partial charge in [-0.05, 0) is 97.0 Å². The van der Waals surface area contributed by atoms with Gasteiger partial charge in [-0.2, -0.15) is 0 Å². The Morgan fingerprint density at radius 3 is 2.44 bits per heavy atom. The van der Waals surface area contributed by atoms with Crippen LogP contribution >= 0.6 is 0 Å². The van der Waals surface area contributed by atoms with Gasteiger partial charge in [0.05, 0.1) is 17.9 Å². The van der Waals surface area contributed by atoms with Crippen LogP contribution in [0.25, 0.3) is 11.1 Å². The lowest BCUT2D eigenvalue weighted by atomic mass is 9.82. The second-order valence-electron chi connectivity index (χ2n) is 9.74. The van der Waals surface area contributed by atoms with E-state index in [9.17, 15) is 4.79 Å². The topological polar surface area (TPSA) is 64.3 Å². The van der Waals surface area contributed by atoms with Crippen LogP contribution in [-0.4, -0.2) is 12.5 Å². The standard InChI is InChI=1S/C32H46N2O2/c1-9-14-16-25-26(22(7)15-10-2)19-24(20-28(25)36-17-11-3)27-18-23(8)30(32(33)35)31(34-13-5)29(27)21(6)12-4/h10,13,15,18-22,34H,5,9,11-12,14,16-17H2,1-4,6-8H3,(H2,33,35)/b15-10-. The molecule has 0 aliphatic carbocycles. The summed E-state index contributed by atoms with van der Waals surface area (Å²) in [4.78, 5) is 12.5. The van der Waals surface area contributed by atoms with Crippen molar-refractivity contribution in [3.05, 3.63) is 70.9 Å². The molecule has 0 radical (unpaired) electrons. The lowest BCUT2D eigenvalue weighted by molar-refractivity contribution is 0.100. The van der Waals surface area contributed by atoms with Gasteiger partial charge in [-0.15, -0.1) is 0 Å². The van der Waals surface area contributed by atoms with Crippen LogP contribution in [0.3, 0.4) is 0 Å². The number of nitrogens with two attached hydrogens (primary N) is 1. The predicted octanol–water partition coefficient (Wildman–Crippen LogP) is 8.64. The van der Waals surface area contributed by atoms with Crippen LogP contribution in [0.2, 0.25) is 0 Å². The van der Waals surface area contributed by atoms with Crippen molar-refractivity contribution < 1.29 is 9.53 Å². The molecule has 2 atom stereocenters. The maximum atomic E-state index is 12.5. The number of hydrogen-bond donors (Lipinski definition) is 2. The highest BCUT2D eigenvalue weighted by molar-refractivity contribution is 6.02. The summed E-state index contributed by atoms with van der Waals surface area (Å²) in [5.41, 5.74) is 13.9. The van der Waals surface area contributed by atoms with Crippen molar-refractivity contribution in [1.82, 2.24) is 0 Å². The Morgan fingerprint density at radius 1 is 1.17 bits per heavy atom. The smallest absolute Gasteiger partial charge is 0.251 e. The normalized spacial score (nSPS) is 13.0. The van der Waals surface area contributed by atoms with Gasteiger partial charge < -0.3 is 15.8 Å². The van der Waals surface area contributed by atoms with E-state index >= 15 is 0 Å². The lowest BCUT2D eigenvalue weighted by Crippen LogP contribution is -2.17. The second-order valence-corrected chi connectivity index (χ2v) is 9.74. The molecule has 3 N–H and O–H groups in total. The summed E-state index contributed by atoms with van der Waals surface area (Å²) in [5.74, 6) is 1.00. The third kappa shape index (κ3) is 6.60. The van der Waals surface area contributed by atoms with Crippen molar-refractivity contribution in [1.29, 1.82) is 0 Å². The molecule has 0 aromatic heterocycles. The molecule has 36 heavy (non-hydrogen) atoms. The molecule has 4 nitrogen and oxygen atoms in total. The average molecular weight is 491 g/mol. The Bertz CT molecular complexity index is 1080. The van der Waals surface area contributed by atoms with Crippen LogP contribution in [0.4, 0.5) is 5.69 Å². The molecule has 196 valence electrons. The van der Waals surface area contributed by atoms with E-state index < -0.39 is 5.91 Å². The van der Waals surface area contributed by atoms with Crippen LogP contribution in [0.1, 0.15) is 112 Å². The van der Waals surface area contributed by atoms with Crippen molar-refractivity contribution >= 4 is 11.6 Å². The Kier molecular flexibility index (Phi) is 11.3. The highest BCUT2D eigenvalue weighted by atomic mass is 16.5. The molecule has 0 aliphatic rings. The largest absolute Gasteiger partial charge is 0.493 e. The van der Waals surface area contributed by atoms with Gasteiger partial charge in [-0.3, -0.25) is 4.79 Å². The molecular formula is C32H46N2O2. The fourth-order valence-corrected chi connectivity index (χ4v) is 4.94. The summed E-state index contributed by atoms with van der Waals surface area (Å²) < 4.78 is 6.38. The highest BCUT2D eigenvalue weighted by Gasteiger charge is 2.25. The minimum Gasteiger partial charge on any atom is -0.493 e. The molecule has 0 saturated carbocycles. The fraction of sp³-hybridized carbons (Fsp3) is 0.469. The van der Waals surface area contributed by atoms with Crippen LogP contribution in [0.15, 0.2) is 43.1 Å². The number of unbranched alkanes of at least 4 members (excludes halogenated alkanes) is 1. The molecule has 1 amide bonds. The number of aryl methyl sites for hydroxylation is 1. The fourth-order valence-electron chi connectivity index (χ4n) is 4.94. The quantitative estimate of drug-likeness (QED) is 0.260. The van der Waals surface area contributed by atoms with Gasteiger partial charge in [0.25, 0.3) is 5.91 Å². The molecule has 2 aromatic carbocycles. The van der Waals surface area contributed by atoms with Gasteiger partial charge in [0.1, 0.15) is 5.75 Å². The number of anilines is 1. The second kappa shape index (κ2) is 13.9.